The minimum Gasteiger partial charge on any atom is -0.469 e. The molecule has 0 aromatic heterocycles. The molecule has 2 rings (SSSR count). The van der Waals surface area contributed by atoms with Crippen LogP contribution in [0.15, 0.2) is 24.3 Å². The van der Waals surface area contributed by atoms with E-state index in [9.17, 15) is 9.59 Å². The van der Waals surface area contributed by atoms with E-state index in [1.54, 1.807) is 36.1 Å². The standard InChI is InChI=1S/C20H29ClN2O3/c1-16(20(25)26-2)15-23(14-6-5-13-22-11-3-4-12-22)19(24)17-7-9-18(21)10-8-17/h7-10,16H,3-6,11-15H2,1-2H3. The van der Waals surface area contributed by atoms with Gasteiger partial charge in [0.15, 0.2) is 0 Å². The average Bonchev–Trinajstić information content (AvgIpc) is 3.16. The second-order valence-corrected chi connectivity index (χ2v) is 7.37. The number of amides is 1. The summed E-state index contributed by atoms with van der Waals surface area (Å²) in [6, 6.07) is 6.88. The summed E-state index contributed by atoms with van der Waals surface area (Å²) in [5.41, 5.74) is 0.589. The number of carbonyl (C=O) groups is 2. The molecule has 0 N–H and O–H groups in total. The lowest BCUT2D eigenvalue weighted by Crippen LogP contribution is -2.38. The SMILES string of the molecule is COC(=O)C(C)CN(CCCCN1CCCC1)C(=O)c1ccc(Cl)cc1. The van der Waals surface area contributed by atoms with E-state index >= 15 is 0 Å². The van der Waals surface area contributed by atoms with Crippen LogP contribution in [0.25, 0.3) is 0 Å². The third-order valence-electron chi connectivity index (χ3n) is 4.83. The first kappa shape index (κ1) is 20.7. The van der Waals surface area contributed by atoms with Crippen molar-refractivity contribution in [2.24, 2.45) is 5.92 Å². The second kappa shape index (κ2) is 10.5. The van der Waals surface area contributed by atoms with Gasteiger partial charge in [0.05, 0.1) is 13.0 Å². The van der Waals surface area contributed by atoms with Crippen molar-refractivity contribution >= 4 is 23.5 Å². The maximum absolute atomic E-state index is 12.9. The number of ether oxygens (including phenoxy) is 1. The van der Waals surface area contributed by atoms with Gasteiger partial charge in [-0.3, -0.25) is 9.59 Å². The quantitative estimate of drug-likeness (QED) is 0.486. The molecule has 0 bridgehead atoms. The molecule has 1 aromatic carbocycles. The van der Waals surface area contributed by atoms with Gasteiger partial charge in [0.1, 0.15) is 0 Å². The highest BCUT2D eigenvalue weighted by molar-refractivity contribution is 6.30. The van der Waals surface area contributed by atoms with E-state index in [4.69, 9.17) is 16.3 Å². The van der Waals surface area contributed by atoms with Crippen LogP contribution in [-0.4, -0.2) is 61.5 Å². The van der Waals surface area contributed by atoms with Crippen LogP contribution in [0.5, 0.6) is 0 Å². The van der Waals surface area contributed by atoms with E-state index in [2.05, 4.69) is 4.90 Å². The van der Waals surface area contributed by atoms with Crippen molar-refractivity contribution in [1.82, 2.24) is 9.80 Å². The molecule has 1 aromatic rings. The molecule has 0 saturated carbocycles. The molecule has 5 nitrogen and oxygen atoms in total. The van der Waals surface area contributed by atoms with Crippen molar-refractivity contribution < 1.29 is 14.3 Å². The van der Waals surface area contributed by atoms with Gasteiger partial charge in [-0.15, -0.1) is 0 Å². The van der Waals surface area contributed by atoms with Gasteiger partial charge in [0, 0.05) is 23.7 Å². The Bertz CT molecular complexity index is 585. The van der Waals surface area contributed by atoms with Crippen LogP contribution in [-0.2, 0) is 9.53 Å². The average molecular weight is 381 g/mol. The van der Waals surface area contributed by atoms with Gasteiger partial charge < -0.3 is 14.5 Å². The zero-order chi connectivity index (χ0) is 18.9. The van der Waals surface area contributed by atoms with Crippen LogP contribution in [0.2, 0.25) is 5.02 Å². The van der Waals surface area contributed by atoms with Crippen LogP contribution in [0, 0.1) is 5.92 Å². The lowest BCUT2D eigenvalue weighted by molar-refractivity contribution is -0.145. The number of halogens is 1. The van der Waals surface area contributed by atoms with E-state index in [0.29, 0.717) is 23.7 Å². The first-order valence-electron chi connectivity index (χ1n) is 9.36. The summed E-state index contributed by atoms with van der Waals surface area (Å²) in [5, 5.41) is 0.599. The predicted molar refractivity (Wildman–Crippen MR) is 103 cm³/mol. The van der Waals surface area contributed by atoms with E-state index < -0.39 is 0 Å². The van der Waals surface area contributed by atoms with E-state index in [1.165, 1.54) is 33.0 Å². The van der Waals surface area contributed by atoms with Crippen molar-refractivity contribution in [3.63, 3.8) is 0 Å². The van der Waals surface area contributed by atoms with E-state index in [1.807, 2.05) is 0 Å². The molecule has 1 fully saturated rings. The predicted octanol–water partition coefficient (Wildman–Crippen LogP) is 3.47. The zero-order valence-electron chi connectivity index (χ0n) is 15.7. The fraction of sp³-hybridized carbons (Fsp3) is 0.600. The molecule has 6 heteroatoms. The number of likely N-dealkylation sites (tertiary alicyclic amines) is 1. The Morgan fingerprint density at radius 3 is 2.46 bits per heavy atom. The Morgan fingerprint density at radius 2 is 1.85 bits per heavy atom. The molecule has 0 aliphatic carbocycles. The molecular weight excluding hydrogens is 352 g/mol. The number of esters is 1. The van der Waals surface area contributed by atoms with Gasteiger partial charge in [-0.2, -0.15) is 0 Å². The summed E-state index contributed by atoms with van der Waals surface area (Å²) in [7, 11) is 1.38. The van der Waals surface area contributed by atoms with Gasteiger partial charge in [0.25, 0.3) is 5.91 Å². The summed E-state index contributed by atoms with van der Waals surface area (Å²) in [6.45, 7) is 6.24. The van der Waals surface area contributed by atoms with Gasteiger partial charge in [-0.05, 0) is 69.6 Å². The number of unbranched alkanes of at least 4 members (excludes halogenated alkanes) is 1. The third-order valence-corrected chi connectivity index (χ3v) is 5.08. The molecule has 1 heterocycles. The fourth-order valence-corrected chi connectivity index (χ4v) is 3.43. The van der Waals surface area contributed by atoms with E-state index in [-0.39, 0.29) is 17.8 Å². The molecule has 1 aliphatic heterocycles. The zero-order valence-corrected chi connectivity index (χ0v) is 16.5. The first-order chi connectivity index (χ1) is 12.5. The van der Waals surface area contributed by atoms with Crippen molar-refractivity contribution in [3.8, 4) is 0 Å². The van der Waals surface area contributed by atoms with Crippen LogP contribution >= 0.6 is 11.6 Å². The molecule has 1 amide bonds. The minimum absolute atomic E-state index is 0.0707. The largest absolute Gasteiger partial charge is 0.469 e. The summed E-state index contributed by atoms with van der Waals surface area (Å²) in [6.07, 6.45) is 4.55. The van der Waals surface area contributed by atoms with Crippen molar-refractivity contribution in [2.75, 3.05) is 39.8 Å². The van der Waals surface area contributed by atoms with E-state index in [0.717, 1.165) is 19.4 Å². The Morgan fingerprint density at radius 1 is 1.19 bits per heavy atom. The summed E-state index contributed by atoms with van der Waals surface area (Å²) < 4.78 is 4.81. The van der Waals surface area contributed by atoms with Crippen LogP contribution in [0.4, 0.5) is 0 Å². The third kappa shape index (κ3) is 6.29. The molecule has 1 unspecified atom stereocenters. The minimum atomic E-state index is -0.352. The Kier molecular flexibility index (Phi) is 8.39. The number of hydrogen-bond donors (Lipinski definition) is 0. The Hall–Kier alpha value is -1.59. The van der Waals surface area contributed by atoms with Gasteiger partial charge in [-0.25, -0.2) is 0 Å². The lowest BCUT2D eigenvalue weighted by Gasteiger charge is -2.25. The maximum Gasteiger partial charge on any atom is 0.310 e. The van der Waals surface area contributed by atoms with Crippen molar-refractivity contribution in [3.05, 3.63) is 34.9 Å². The molecule has 0 spiro atoms. The summed E-state index contributed by atoms with van der Waals surface area (Å²) in [4.78, 5) is 28.9. The molecule has 144 valence electrons. The highest BCUT2D eigenvalue weighted by atomic mass is 35.5. The normalized spacial score (nSPS) is 15.7. The smallest absolute Gasteiger partial charge is 0.310 e. The fourth-order valence-electron chi connectivity index (χ4n) is 3.30. The summed E-state index contributed by atoms with van der Waals surface area (Å²) in [5.74, 6) is -0.718. The maximum atomic E-state index is 12.9. The number of methoxy groups -OCH3 is 1. The molecule has 1 aliphatic rings. The number of benzene rings is 1. The van der Waals surface area contributed by atoms with Crippen molar-refractivity contribution in [1.29, 1.82) is 0 Å². The number of hydrogen-bond acceptors (Lipinski definition) is 4. The first-order valence-corrected chi connectivity index (χ1v) is 9.74. The molecule has 1 saturated heterocycles. The lowest BCUT2D eigenvalue weighted by atomic mass is 10.1. The number of nitrogens with zero attached hydrogens (tertiary/aromatic N) is 2. The number of rotatable bonds is 9. The molecular formula is C20H29ClN2O3. The van der Waals surface area contributed by atoms with Crippen molar-refractivity contribution in [2.45, 2.75) is 32.6 Å². The van der Waals surface area contributed by atoms with Gasteiger partial charge in [0.2, 0.25) is 0 Å². The van der Waals surface area contributed by atoms with Crippen LogP contribution in [0.3, 0.4) is 0 Å². The monoisotopic (exact) mass is 380 g/mol. The van der Waals surface area contributed by atoms with Gasteiger partial charge >= 0.3 is 5.97 Å². The van der Waals surface area contributed by atoms with Gasteiger partial charge in [-0.1, -0.05) is 18.5 Å². The summed E-state index contributed by atoms with van der Waals surface area (Å²) >= 11 is 5.91. The van der Waals surface area contributed by atoms with Crippen LogP contribution < -0.4 is 0 Å². The molecule has 1 atom stereocenters. The molecule has 0 radical (unpaired) electrons. The number of carbonyl (C=O) groups excluding carboxylic acids is 2. The highest BCUT2D eigenvalue weighted by Gasteiger charge is 2.22. The highest BCUT2D eigenvalue weighted by Crippen LogP contribution is 2.15. The topological polar surface area (TPSA) is 49.9 Å². The second-order valence-electron chi connectivity index (χ2n) is 6.94. The molecule has 26 heavy (non-hydrogen) atoms. The Balaban J connectivity index is 1.94. The Labute approximate surface area is 161 Å². The van der Waals surface area contributed by atoms with Crippen LogP contribution in [0.1, 0.15) is 43.0 Å².